The number of amides is 2. The number of hydrogen-bond donors (Lipinski definition) is 3. The molecule has 1 saturated heterocycles. The van der Waals surface area contributed by atoms with Crippen LogP contribution in [0.25, 0.3) is 0 Å². The molecule has 170 valence electrons. The van der Waals surface area contributed by atoms with Gasteiger partial charge in [0.1, 0.15) is 17.0 Å². The first-order valence-corrected chi connectivity index (χ1v) is 9.77. The van der Waals surface area contributed by atoms with Crippen molar-refractivity contribution in [1.82, 2.24) is 15.1 Å². The van der Waals surface area contributed by atoms with Crippen molar-refractivity contribution >= 4 is 17.6 Å². The van der Waals surface area contributed by atoms with Crippen molar-refractivity contribution in [2.45, 2.75) is 12.8 Å². The minimum Gasteiger partial charge on any atom is -0.497 e. The molecule has 32 heavy (non-hydrogen) atoms. The van der Waals surface area contributed by atoms with Crippen LogP contribution in [0, 0.1) is 17.7 Å². The molecule has 0 aliphatic carbocycles. The Balaban J connectivity index is 0.000000336. The lowest BCUT2D eigenvalue weighted by Crippen LogP contribution is -2.25. The van der Waals surface area contributed by atoms with E-state index in [1.807, 2.05) is 4.90 Å². The van der Waals surface area contributed by atoms with E-state index in [4.69, 9.17) is 15.2 Å². The van der Waals surface area contributed by atoms with E-state index < -0.39 is 11.7 Å². The van der Waals surface area contributed by atoms with Gasteiger partial charge in [-0.15, -0.1) is 0 Å². The molecule has 1 aliphatic rings. The monoisotopic (exact) mass is 443 g/mol. The number of carbonyl (C=O) groups is 2. The molecule has 3 rings (SSSR count). The lowest BCUT2D eigenvalue weighted by atomic mass is 10.1. The predicted octanol–water partition coefficient (Wildman–Crippen LogP) is 1.90. The highest BCUT2D eigenvalue weighted by Gasteiger charge is 2.16. The Morgan fingerprint density at radius 3 is 2.50 bits per heavy atom. The average Bonchev–Trinajstić information content (AvgIpc) is 3.48. The number of H-pyrrole nitrogens is 1. The van der Waals surface area contributed by atoms with E-state index in [-0.39, 0.29) is 34.3 Å². The number of likely N-dealkylation sites (tertiary alicyclic amines) is 1. The maximum atomic E-state index is 14.2. The number of nitrogens with two attached hydrogens (primary N) is 1. The second-order valence-corrected chi connectivity index (χ2v) is 6.61. The molecule has 1 aromatic heterocycles. The van der Waals surface area contributed by atoms with Crippen LogP contribution in [0.1, 0.15) is 34.5 Å². The number of halogens is 1. The summed E-state index contributed by atoms with van der Waals surface area (Å²) < 4.78 is 24.2. The van der Waals surface area contributed by atoms with Gasteiger partial charge in [-0.25, -0.2) is 4.39 Å². The van der Waals surface area contributed by atoms with E-state index in [0.29, 0.717) is 5.75 Å². The molecule has 0 unspecified atom stereocenters. The largest absolute Gasteiger partial charge is 0.497 e. The smallest absolute Gasteiger partial charge is 0.255 e. The van der Waals surface area contributed by atoms with Crippen LogP contribution in [0.5, 0.6) is 11.5 Å². The van der Waals surface area contributed by atoms with Gasteiger partial charge >= 0.3 is 0 Å². The fraction of sp³-hybridized carbons (Fsp3) is 0.318. The second kappa shape index (κ2) is 11.4. The number of rotatable bonds is 5. The quantitative estimate of drug-likeness (QED) is 0.479. The number of benzene rings is 1. The molecule has 0 saturated carbocycles. The molecule has 2 aromatic rings. The topological polar surface area (TPSA) is 123 Å². The van der Waals surface area contributed by atoms with E-state index in [2.05, 4.69) is 33.9 Å². The van der Waals surface area contributed by atoms with Gasteiger partial charge in [0.15, 0.2) is 17.4 Å². The summed E-state index contributed by atoms with van der Waals surface area (Å²) >= 11 is 0. The highest BCUT2D eigenvalue weighted by Crippen LogP contribution is 2.26. The van der Waals surface area contributed by atoms with Crippen LogP contribution in [-0.2, 0) is 4.79 Å². The van der Waals surface area contributed by atoms with Crippen molar-refractivity contribution < 1.29 is 23.5 Å². The zero-order valence-electron chi connectivity index (χ0n) is 18.3. The number of aromatic nitrogens is 2. The van der Waals surface area contributed by atoms with Crippen molar-refractivity contribution in [2.75, 3.05) is 39.7 Å². The zero-order valence-corrected chi connectivity index (χ0v) is 18.3. The van der Waals surface area contributed by atoms with Crippen molar-refractivity contribution in [3.8, 4) is 23.3 Å². The molecule has 0 radical (unpaired) electrons. The first-order valence-electron chi connectivity index (χ1n) is 9.77. The van der Waals surface area contributed by atoms with Crippen LogP contribution in [0.4, 0.5) is 10.2 Å². The van der Waals surface area contributed by atoms with Crippen LogP contribution < -0.4 is 20.5 Å². The van der Waals surface area contributed by atoms with Crippen molar-refractivity contribution in [1.29, 1.82) is 0 Å². The van der Waals surface area contributed by atoms with Gasteiger partial charge in [0.05, 0.1) is 19.8 Å². The van der Waals surface area contributed by atoms with Crippen LogP contribution >= 0.6 is 0 Å². The maximum Gasteiger partial charge on any atom is 0.255 e. The molecular formula is C22H26FN5O4. The van der Waals surface area contributed by atoms with Crippen molar-refractivity contribution in [3.63, 3.8) is 0 Å². The normalized spacial score (nSPS) is 12.1. The lowest BCUT2D eigenvalue weighted by molar-refractivity contribution is -0.124. The third-order valence-electron chi connectivity index (χ3n) is 4.63. The van der Waals surface area contributed by atoms with Gasteiger partial charge in [0.2, 0.25) is 5.91 Å². The molecule has 9 nitrogen and oxygen atoms in total. The van der Waals surface area contributed by atoms with E-state index >= 15 is 0 Å². The molecule has 1 aliphatic heterocycles. The Morgan fingerprint density at radius 2 is 1.97 bits per heavy atom. The van der Waals surface area contributed by atoms with Crippen LogP contribution in [0.2, 0.25) is 0 Å². The molecule has 0 bridgehead atoms. The predicted molar refractivity (Wildman–Crippen MR) is 118 cm³/mol. The van der Waals surface area contributed by atoms with Gasteiger partial charge in [-0.05, 0) is 30.9 Å². The standard InChI is InChI=1S/C15H15FN4O3.C7H11NO/c1-18-15-12(14(17)21)10(19-20-15)5-4-8-6-9(22-2)7-11(23-3)13(8)16;1-2-7(9)8-5-3-4-6-8/h6-7H,1-3H3,(H2,17,21)(H2,18,19,20);2H,1,3-6H2. The molecular weight excluding hydrogens is 417 g/mol. The molecule has 2 amide bonds. The first kappa shape index (κ1) is 24.3. The summed E-state index contributed by atoms with van der Waals surface area (Å²) in [5, 5.41) is 9.18. The Hall–Kier alpha value is -4.00. The number of anilines is 1. The number of carbonyl (C=O) groups excluding carboxylic acids is 2. The summed E-state index contributed by atoms with van der Waals surface area (Å²) in [6.45, 7) is 5.26. The molecule has 4 N–H and O–H groups in total. The Bertz CT molecular complexity index is 1050. The molecule has 0 spiro atoms. The fourth-order valence-electron chi connectivity index (χ4n) is 2.98. The van der Waals surface area contributed by atoms with Gasteiger partial charge in [0.25, 0.3) is 5.91 Å². The Labute approximate surface area is 185 Å². The van der Waals surface area contributed by atoms with Crippen LogP contribution in [0.15, 0.2) is 24.8 Å². The number of primary amides is 1. The summed E-state index contributed by atoms with van der Waals surface area (Å²) in [6, 6.07) is 2.83. The molecule has 0 atom stereocenters. The van der Waals surface area contributed by atoms with Gasteiger partial charge in [-0.1, -0.05) is 12.5 Å². The number of aromatic amines is 1. The van der Waals surface area contributed by atoms with E-state index in [1.54, 1.807) is 7.05 Å². The Kier molecular flexibility index (Phi) is 8.65. The summed E-state index contributed by atoms with van der Waals surface area (Å²) in [7, 11) is 4.38. The molecule has 1 fully saturated rings. The number of ether oxygens (including phenoxy) is 2. The third-order valence-corrected chi connectivity index (χ3v) is 4.63. The summed E-state index contributed by atoms with van der Waals surface area (Å²) in [4.78, 5) is 24.1. The van der Waals surface area contributed by atoms with Gasteiger partial charge in [-0.2, -0.15) is 5.10 Å². The minimum absolute atomic E-state index is 0.00398. The van der Waals surface area contributed by atoms with E-state index in [0.717, 1.165) is 25.9 Å². The first-order chi connectivity index (χ1) is 15.4. The number of nitrogens with zero attached hydrogens (tertiary/aromatic N) is 2. The van der Waals surface area contributed by atoms with Crippen LogP contribution in [-0.4, -0.2) is 61.3 Å². The summed E-state index contributed by atoms with van der Waals surface area (Å²) in [5.74, 6) is 4.68. The van der Waals surface area contributed by atoms with Crippen molar-refractivity contribution in [3.05, 3.63) is 47.4 Å². The summed E-state index contributed by atoms with van der Waals surface area (Å²) in [6.07, 6.45) is 3.68. The van der Waals surface area contributed by atoms with E-state index in [1.165, 1.54) is 32.4 Å². The number of methoxy groups -OCH3 is 2. The van der Waals surface area contributed by atoms with Gasteiger partial charge in [0, 0.05) is 26.2 Å². The highest BCUT2D eigenvalue weighted by molar-refractivity contribution is 5.99. The number of hydrogen-bond acceptors (Lipinski definition) is 6. The van der Waals surface area contributed by atoms with Crippen molar-refractivity contribution in [2.24, 2.45) is 5.73 Å². The third kappa shape index (κ3) is 5.78. The second-order valence-electron chi connectivity index (χ2n) is 6.61. The Morgan fingerprint density at radius 1 is 1.28 bits per heavy atom. The number of nitrogens with one attached hydrogen (secondary N) is 2. The average molecular weight is 443 g/mol. The minimum atomic E-state index is -0.698. The fourth-order valence-corrected chi connectivity index (χ4v) is 2.98. The van der Waals surface area contributed by atoms with E-state index in [9.17, 15) is 14.0 Å². The SMILES string of the molecule is C=CC(=O)N1CCCC1.CNc1n[nH]c(C#Cc2cc(OC)cc(OC)c2F)c1C(N)=O. The molecule has 1 aromatic carbocycles. The van der Waals surface area contributed by atoms with Gasteiger partial charge < -0.3 is 25.4 Å². The highest BCUT2D eigenvalue weighted by atomic mass is 19.1. The zero-order chi connectivity index (χ0) is 23.7. The molecule has 2 heterocycles. The van der Waals surface area contributed by atoms with Gasteiger partial charge in [-0.3, -0.25) is 14.7 Å². The summed E-state index contributed by atoms with van der Waals surface area (Å²) in [5.41, 5.74) is 5.65. The van der Waals surface area contributed by atoms with Crippen LogP contribution in [0.3, 0.4) is 0 Å². The molecule has 10 heteroatoms. The maximum absolute atomic E-state index is 14.2. The lowest BCUT2D eigenvalue weighted by Gasteiger charge is -2.10.